The number of carbonyl (C=O) groups excluding carboxylic acids is 1. The van der Waals surface area contributed by atoms with Gasteiger partial charge in [0.25, 0.3) is 0 Å². The second-order valence-electron chi connectivity index (χ2n) is 6.87. The molecule has 2 atom stereocenters. The van der Waals surface area contributed by atoms with Crippen molar-refractivity contribution in [2.24, 2.45) is 4.99 Å². The Balaban J connectivity index is 2.05. The van der Waals surface area contributed by atoms with Crippen LogP contribution < -0.4 is 0 Å². The summed E-state index contributed by atoms with van der Waals surface area (Å²) in [6, 6.07) is 31.0. The van der Waals surface area contributed by atoms with E-state index < -0.39 is 5.41 Å². The maximum Gasteiger partial charge on any atom is 0.142 e. The molecule has 0 bridgehead atoms. The molecule has 1 aliphatic heterocycles. The van der Waals surface area contributed by atoms with Crippen LogP contribution in [0.5, 0.6) is 0 Å². The van der Waals surface area contributed by atoms with Crippen molar-refractivity contribution in [2.45, 2.75) is 17.6 Å². The molecule has 0 saturated carbocycles. The zero-order valence-electron chi connectivity index (χ0n) is 15.3. The largest absolute Gasteiger partial charge is 0.301 e. The van der Waals surface area contributed by atoms with Gasteiger partial charge in [-0.1, -0.05) is 91.0 Å². The zero-order valence-corrected chi connectivity index (χ0v) is 15.3. The van der Waals surface area contributed by atoms with Gasteiger partial charge >= 0.3 is 0 Å². The zero-order chi connectivity index (χ0) is 18.7. The average molecular weight is 354 g/mol. The molecule has 0 fully saturated rings. The minimum absolute atomic E-state index is 0.222. The third-order valence-corrected chi connectivity index (χ3v) is 5.45. The molecule has 3 heteroatoms. The summed E-state index contributed by atoms with van der Waals surface area (Å²) in [5.74, 6) is 0. The van der Waals surface area contributed by atoms with Crippen LogP contribution in [-0.2, 0) is 10.2 Å². The lowest BCUT2D eigenvalue weighted by Crippen LogP contribution is -2.50. The molecule has 1 heterocycles. The van der Waals surface area contributed by atoms with E-state index in [2.05, 4.69) is 77.7 Å². The van der Waals surface area contributed by atoms with Crippen molar-refractivity contribution in [3.63, 3.8) is 0 Å². The van der Waals surface area contributed by atoms with Gasteiger partial charge in [-0.25, -0.2) is 0 Å². The van der Waals surface area contributed by atoms with Gasteiger partial charge in [-0.15, -0.1) is 0 Å². The molecule has 1 aliphatic rings. The molecule has 3 aromatic rings. The second-order valence-corrected chi connectivity index (χ2v) is 6.87. The van der Waals surface area contributed by atoms with Crippen LogP contribution in [0.1, 0.15) is 16.7 Å². The number of nitrogens with zero attached hydrogens (tertiary/aromatic N) is 2. The third-order valence-electron chi connectivity index (χ3n) is 5.45. The van der Waals surface area contributed by atoms with Crippen LogP contribution in [0.3, 0.4) is 0 Å². The Kier molecular flexibility index (Phi) is 4.69. The Bertz CT molecular complexity index is 826. The van der Waals surface area contributed by atoms with Gasteiger partial charge in [-0.2, -0.15) is 0 Å². The predicted molar refractivity (Wildman–Crippen MR) is 109 cm³/mol. The highest BCUT2D eigenvalue weighted by molar-refractivity contribution is 5.87. The molecule has 0 saturated heterocycles. The maximum atomic E-state index is 11.6. The lowest BCUT2D eigenvalue weighted by molar-refractivity contribution is -0.110. The van der Waals surface area contributed by atoms with E-state index in [1.54, 1.807) is 6.21 Å². The van der Waals surface area contributed by atoms with Crippen LogP contribution in [0, 0.1) is 0 Å². The summed E-state index contributed by atoms with van der Waals surface area (Å²) in [7, 11) is 1.97. The molecule has 27 heavy (non-hydrogen) atoms. The van der Waals surface area contributed by atoms with Crippen LogP contribution in [0.25, 0.3) is 0 Å². The first-order valence-corrected chi connectivity index (χ1v) is 9.15. The minimum atomic E-state index is -0.521. The van der Waals surface area contributed by atoms with Gasteiger partial charge in [0.2, 0.25) is 0 Å². The van der Waals surface area contributed by atoms with Crippen molar-refractivity contribution in [2.75, 3.05) is 7.05 Å². The summed E-state index contributed by atoms with van der Waals surface area (Å²) in [6.45, 7) is 0. The van der Waals surface area contributed by atoms with Gasteiger partial charge in [0.1, 0.15) is 18.5 Å². The van der Waals surface area contributed by atoms with Crippen LogP contribution >= 0.6 is 0 Å². The van der Waals surface area contributed by atoms with Gasteiger partial charge in [0.15, 0.2) is 0 Å². The molecular weight excluding hydrogens is 332 g/mol. The summed E-state index contributed by atoms with van der Waals surface area (Å²) in [6.07, 6.45) is 2.50. The molecule has 0 N–H and O–H groups in total. The van der Waals surface area contributed by atoms with Crippen molar-refractivity contribution < 1.29 is 4.79 Å². The molecule has 2 unspecified atom stereocenters. The Morgan fingerprint density at radius 3 is 1.52 bits per heavy atom. The molecular formula is C24H22N2O. The van der Waals surface area contributed by atoms with Crippen molar-refractivity contribution in [3.05, 3.63) is 108 Å². The van der Waals surface area contributed by atoms with E-state index in [1.807, 2.05) is 25.2 Å². The molecule has 0 amide bonds. The summed E-state index contributed by atoms with van der Waals surface area (Å²) in [5, 5.41) is 0. The normalized spacial score (nSPS) is 19.9. The Morgan fingerprint density at radius 1 is 0.778 bits per heavy atom. The van der Waals surface area contributed by atoms with E-state index in [1.165, 1.54) is 0 Å². The highest BCUT2D eigenvalue weighted by atomic mass is 16.1. The monoisotopic (exact) mass is 354 g/mol. The molecule has 0 spiro atoms. The number of hydrogen-bond donors (Lipinski definition) is 0. The van der Waals surface area contributed by atoms with E-state index in [0.29, 0.717) is 0 Å². The molecule has 4 rings (SSSR count). The molecule has 134 valence electrons. The standard InChI is InChI=1S/C24H22N2O/c1-26-22(18-27)17-25-23(26)24(19-11-5-2-6-12-19,20-13-7-3-8-14-20)21-15-9-4-10-16-21/h2-18,22-23H,1H3. The number of aldehydes is 1. The topological polar surface area (TPSA) is 32.7 Å². The molecule has 3 nitrogen and oxygen atoms in total. The van der Waals surface area contributed by atoms with E-state index >= 15 is 0 Å². The first-order valence-electron chi connectivity index (χ1n) is 9.15. The molecule has 3 aromatic carbocycles. The smallest absolute Gasteiger partial charge is 0.142 e. The Hall–Kier alpha value is -3.04. The maximum absolute atomic E-state index is 11.6. The highest BCUT2D eigenvalue weighted by Gasteiger charge is 2.48. The van der Waals surface area contributed by atoms with E-state index in [9.17, 15) is 4.79 Å². The number of carbonyl (C=O) groups is 1. The number of aliphatic imine (C=N–C) groups is 1. The number of benzene rings is 3. The van der Waals surface area contributed by atoms with Gasteiger partial charge in [0, 0.05) is 6.21 Å². The fourth-order valence-corrected chi connectivity index (χ4v) is 4.14. The first-order chi connectivity index (χ1) is 13.3. The third kappa shape index (κ3) is 2.81. The number of hydrogen-bond acceptors (Lipinski definition) is 3. The van der Waals surface area contributed by atoms with E-state index in [-0.39, 0.29) is 12.2 Å². The lowest BCUT2D eigenvalue weighted by atomic mass is 9.67. The summed E-state index contributed by atoms with van der Waals surface area (Å²) >= 11 is 0. The average Bonchev–Trinajstić information content (AvgIpc) is 3.12. The number of likely N-dealkylation sites (N-methyl/N-ethyl adjacent to an activating group) is 1. The van der Waals surface area contributed by atoms with Crippen LogP contribution in [0.4, 0.5) is 0 Å². The highest BCUT2D eigenvalue weighted by Crippen LogP contribution is 2.45. The van der Waals surface area contributed by atoms with Crippen molar-refractivity contribution in [1.82, 2.24) is 4.90 Å². The second kappa shape index (κ2) is 7.29. The summed E-state index contributed by atoms with van der Waals surface area (Å²) in [4.78, 5) is 18.5. The van der Waals surface area contributed by atoms with Crippen LogP contribution in [0.15, 0.2) is 96.0 Å². The van der Waals surface area contributed by atoms with E-state index in [4.69, 9.17) is 4.99 Å². The summed E-state index contributed by atoms with van der Waals surface area (Å²) in [5.41, 5.74) is 2.95. The van der Waals surface area contributed by atoms with Gasteiger partial charge < -0.3 is 4.79 Å². The SMILES string of the molecule is CN1C(C=O)C=NC1C(c1ccccc1)(c1ccccc1)c1ccccc1. The van der Waals surface area contributed by atoms with Crippen molar-refractivity contribution >= 4 is 12.5 Å². The lowest BCUT2D eigenvalue weighted by Gasteiger charge is -2.43. The van der Waals surface area contributed by atoms with Crippen molar-refractivity contribution in [1.29, 1.82) is 0 Å². The molecule has 0 radical (unpaired) electrons. The fraction of sp³-hybridized carbons (Fsp3) is 0.167. The Labute approximate surface area is 160 Å². The van der Waals surface area contributed by atoms with Gasteiger partial charge in [-0.3, -0.25) is 9.89 Å². The van der Waals surface area contributed by atoms with Crippen LogP contribution in [0.2, 0.25) is 0 Å². The molecule has 0 aliphatic carbocycles. The van der Waals surface area contributed by atoms with Gasteiger partial charge in [0.05, 0.1) is 5.41 Å². The van der Waals surface area contributed by atoms with Gasteiger partial charge in [-0.05, 0) is 23.7 Å². The fourth-order valence-electron chi connectivity index (χ4n) is 4.14. The first kappa shape index (κ1) is 17.4. The Morgan fingerprint density at radius 2 is 1.19 bits per heavy atom. The minimum Gasteiger partial charge on any atom is -0.301 e. The predicted octanol–water partition coefficient (Wildman–Crippen LogP) is 3.93. The van der Waals surface area contributed by atoms with E-state index in [0.717, 1.165) is 23.0 Å². The van der Waals surface area contributed by atoms with Crippen molar-refractivity contribution in [3.8, 4) is 0 Å². The van der Waals surface area contributed by atoms with Crippen LogP contribution in [-0.4, -0.2) is 36.7 Å². The number of rotatable bonds is 5. The molecule has 0 aromatic heterocycles. The quantitative estimate of drug-likeness (QED) is 0.514. The summed E-state index contributed by atoms with van der Waals surface area (Å²) < 4.78 is 0.